The largest absolute Gasteiger partial charge is 0.409 e. The van der Waals surface area contributed by atoms with Crippen LogP contribution in [0.2, 0.25) is 18.1 Å². The summed E-state index contributed by atoms with van der Waals surface area (Å²) in [6, 6.07) is 0. The van der Waals surface area contributed by atoms with Crippen LogP contribution in [-0.2, 0) is 13.7 Å². The smallest absolute Gasteiger partial charge is 0.210 e. The number of aliphatic hydroxyl groups is 1. The van der Waals surface area contributed by atoms with Crippen molar-refractivity contribution in [2.75, 3.05) is 20.4 Å². The second-order valence-electron chi connectivity index (χ2n) is 7.10. The summed E-state index contributed by atoms with van der Waals surface area (Å²) in [6.07, 6.45) is -0.307. The first-order valence-corrected chi connectivity index (χ1v) is 12.4. The Hall–Kier alpha value is 0.487. The summed E-state index contributed by atoms with van der Waals surface area (Å²) in [7, 11) is -1.06. The Labute approximate surface area is 136 Å². The van der Waals surface area contributed by atoms with E-state index in [-0.39, 0.29) is 36.4 Å². The van der Waals surface area contributed by atoms with Crippen LogP contribution in [0.4, 0.5) is 0 Å². The molecule has 1 saturated heterocycles. The van der Waals surface area contributed by atoms with Gasteiger partial charge >= 0.3 is 0 Å². The molecule has 1 aliphatic rings. The highest BCUT2D eigenvalue weighted by molar-refractivity contribution is 7.50. The molecule has 0 spiro atoms. The molecule has 21 heavy (non-hydrogen) atoms. The molecule has 6 heteroatoms. The molecule has 0 bridgehead atoms. The highest BCUT2D eigenvalue weighted by Gasteiger charge is 2.48. The van der Waals surface area contributed by atoms with Gasteiger partial charge in [0.1, 0.15) is 6.10 Å². The van der Waals surface area contributed by atoms with Crippen molar-refractivity contribution in [2.45, 2.75) is 77.1 Å². The zero-order valence-electron chi connectivity index (χ0n) is 17.1. The van der Waals surface area contributed by atoms with Crippen molar-refractivity contribution in [2.24, 2.45) is 0 Å². The first-order chi connectivity index (χ1) is 10.4. The van der Waals surface area contributed by atoms with Crippen LogP contribution in [0, 0.1) is 0 Å². The van der Waals surface area contributed by atoms with Gasteiger partial charge in [-0.25, -0.2) is 0 Å². The molecule has 1 N–H and O–H groups in total. The number of rotatable bonds is 4. The molecule has 1 unspecified atom stereocenters. The first-order valence-electron chi connectivity index (χ1n) is 8.48. The van der Waals surface area contributed by atoms with Gasteiger partial charge in [0.25, 0.3) is 0 Å². The highest BCUT2D eigenvalue weighted by Crippen LogP contribution is 2.42. The maximum absolute atomic E-state index is 7.67. The van der Waals surface area contributed by atoms with Crippen LogP contribution in [0.5, 0.6) is 0 Å². The predicted molar refractivity (Wildman–Crippen MR) is 93.9 cm³/mol. The summed E-state index contributed by atoms with van der Waals surface area (Å²) in [5.74, 6) is 0. The fourth-order valence-corrected chi connectivity index (χ4v) is 4.06. The number of ether oxygens (including phenoxy) is 1. The third kappa shape index (κ3) is 5.89. The van der Waals surface area contributed by atoms with Gasteiger partial charge in [-0.15, -0.1) is 0 Å². The Kier molecular flexibility index (Phi) is 7.11. The van der Waals surface area contributed by atoms with Crippen LogP contribution in [0.25, 0.3) is 0 Å². The van der Waals surface area contributed by atoms with Crippen molar-refractivity contribution < 1.29 is 20.2 Å². The Bertz CT molecular complexity index is 340. The quantitative estimate of drug-likeness (QED) is 0.623. The van der Waals surface area contributed by atoms with Crippen molar-refractivity contribution in [3.8, 4) is 0 Å². The predicted octanol–water partition coefficient (Wildman–Crippen LogP) is 3.83. The van der Waals surface area contributed by atoms with E-state index >= 15 is 0 Å². The van der Waals surface area contributed by atoms with E-state index in [1.54, 1.807) is 0 Å². The third-order valence-corrected chi connectivity index (χ3v) is 9.25. The lowest BCUT2D eigenvalue weighted by Gasteiger charge is -2.40. The summed E-state index contributed by atoms with van der Waals surface area (Å²) >= 11 is 0. The molecule has 0 aromatic heterocycles. The summed E-state index contributed by atoms with van der Waals surface area (Å²) in [6.45, 7) is 17.7. The van der Waals surface area contributed by atoms with Crippen LogP contribution in [0.1, 0.15) is 36.0 Å². The van der Waals surface area contributed by atoms with Crippen molar-refractivity contribution in [1.82, 2.24) is 0 Å². The Morgan fingerprint density at radius 1 is 1.29 bits per heavy atom. The van der Waals surface area contributed by atoms with Gasteiger partial charge in [0.2, 0.25) is 1.43 Å². The SMILES string of the molecule is [2H]C[C@H]1O[C@@H](C)[C@@H](O[Si](C)(C)C(C)(C)C)C1OP(C)C.[3H]OC. The number of hydrogen-bond acceptors (Lipinski definition) is 4. The Balaban J connectivity index is 0.00000149. The third-order valence-electron chi connectivity index (χ3n) is 4.11. The molecule has 0 aliphatic carbocycles. The lowest BCUT2D eigenvalue weighted by atomic mass is 10.1. The highest BCUT2D eigenvalue weighted by atomic mass is 31.1. The Morgan fingerprint density at radius 2 is 1.81 bits per heavy atom. The monoisotopic (exact) mass is 341 g/mol. The zero-order valence-corrected chi connectivity index (χ0v) is 17.0. The first kappa shape index (κ1) is 17.8. The van der Waals surface area contributed by atoms with Crippen LogP contribution in [-0.4, -0.2) is 59.7 Å². The lowest BCUT2D eigenvalue weighted by Crippen LogP contribution is -2.49. The van der Waals surface area contributed by atoms with Crippen molar-refractivity contribution in [1.29, 1.82) is 1.43 Å². The molecule has 1 heterocycles. The molecular formula is C15H35O4PSi. The van der Waals surface area contributed by atoms with E-state index in [0.717, 1.165) is 0 Å². The molecule has 0 aromatic rings. The topological polar surface area (TPSA) is 47.9 Å². The van der Waals surface area contributed by atoms with Gasteiger partial charge in [0, 0.05) is 16.6 Å². The molecule has 128 valence electrons. The minimum atomic E-state index is -1.86. The normalized spacial score (nSPS) is 31.5. The fourth-order valence-electron chi connectivity index (χ4n) is 1.96. The summed E-state index contributed by atoms with van der Waals surface area (Å²) < 4.78 is 31.9. The number of hydrogen-bond donors (Lipinski definition) is 1. The Morgan fingerprint density at radius 3 is 2.19 bits per heavy atom. The van der Waals surface area contributed by atoms with E-state index < -0.39 is 16.5 Å². The molecule has 0 saturated carbocycles. The van der Waals surface area contributed by atoms with Gasteiger partial charge in [0.05, 0.1) is 18.3 Å². The molecule has 0 aromatic carbocycles. The molecule has 1 fully saturated rings. The summed E-state index contributed by atoms with van der Waals surface area (Å²) in [5.41, 5.74) is 0. The van der Waals surface area contributed by atoms with Gasteiger partial charge in [0.15, 0.2) is 8.32 Å². The minimum Gasteiger partial charge on any atom is -0.409 e. The van der Waals surface area contributed by atoms with E-state index in [4.69, 9.17) is 16.5 Å². The van der Waals surface area contributed by atoms with Gasteiger partial charge in [-0.1, -0.05) is 20.8 Å². The van der Waals surface area contributed by atoms with E-state index in [2.05, 4.69) is 52.3 Å². The van der Waals surface area contributed by atoms with Gasteiger partial charge < -0.3 is 18.8 Å². The average molecular weight is 342 g/mol. The van der Waals surface area contributed by atoms with Crippen molar-refractivity contribution >= 4 is 16.5 Å². The molecular weight excluding hydrogens is 303 g/mol. The maximum atomic E-state index is 7.67. The van der Waals surface area contributed by atoms with E-state index in [1.165, 1.54) is 7.11 Å². The standard InChI is InChI=1S/C14H31O3PSi.CH4O/c1-10-12(16-18(6)7)13(11(2)15-10)17-19(8,9)14(3,4)5;1-2/h10-13H,1-9H3;2H,1H3/t10-,11+,12?,13-;/m1./s1/i1D;2T. The summed E-state index contributed by atoms with van der Waals surface area (Å²) in [4.78, 5) is 0. The van der Waals surface area contributed by atoms with Gasteiger partial charge in [-0.3, -0.25) is 0 Å². The molecule has 1 rings (SSSR count). The second kappa shape index (κ2) is 8.37. The van der Waals surface area contributed by atoms with Crippen molar-refractivity contribution in [3.63, 3.8) is 0 Å². The second-order valence-corrected chi connectivity index (χ2v) is 13.7. The van der Waals surface area contributed by atoms with Crippen LogP contribution in [0.3, 0.4) is 0 Å². The van der Waals surface area contributed by atoms with E-state index in [9.17, 15) is 0 Å². The zero-order chi connectivity index (χ0) is 18.4. The molecule has 0 radical (unpaired) electrons. The van der Waals surface area contributed by atoms with Crippen LogP contribution in [0.15, 0.2) is 0 Å². The minimum absolute atomic E-state index is 0.000532. The van der Waals surface area contributed by atoms with E-state index in [1.807, 2.05) is 6.92 Å². The molecule has 4 nitrogen and oxygen atoms in total. The van der Waals surface area contributed by atoms with Gasteiger partial charge in [-0.05, 0) is 45.3 Å². The van der Waals surface area contributed by atoms with Crippen LogP contribution >= 0.6 is 8.15 Å². The lowest BCUT2D eigenvalue weighted by molar-refractivity contribution is 0.0314. The summed E-state index contributed by atoms with van der Waals surface area (Å²) in [5, 5.41) is 3.67. The van der Waals surface area contributed by atoms with E-state index in [0.29, 0.717) is 0 Å². The van der Waals surface area contributed by atoms with Crippen molar-refractivity contribution in [3.05, 3.63) is 0 Å². The maximum Gasteiger partial charge on any atom is 0.210 e. The molecule has 1 aliphatic heterocycles. The fraction of sp³-hybridized carbons (Fsp3) is 1.00. The average Bonchev–Trinajstić information content (AvgIpc) is 2.65. The molecule has 0 amide bonds. The molecule has 4 atom stereocenters. The van der Waals surface area contributed by atoms with Gasteiger partial charge in [-0.2, -0.15) is 0 Å². The van der Waals surface area contributed by atoms with Crippen LogP contribution < -0.4 is 0 Å². The number of aliphatic hydroxyl groups excluding tert-OH is 1.